The summed E-state index contributed by atoms with van der Waals surface area (Å²) in [4.78, 5) is 23.0. The zero-order valence-corrected chi connectivity index (χ0v) is 14.0. The molecule has 6 bridgehead atoms. The van der Waals surface area contributed by atoms with Crippen molar-refractivity contribution >= 4 is 0 Å². The molecule has 0 aromatic carbocycles. The lowest BCUT2D eigenvalue weighted by molar-refractivity contribution is -0.587. The van der Waals surface area contributed by atoms with Crippen LogP contribution in [0.15, 0.2) is 0 Å². The van der Waals surface area contributed by atoms with Crippen LogP contribution in [0.5, 0.6) is 0 Å². The van der Waals surface area contributed by atoms with Crippen LogP contribution in [0.2, 0.25) is 0 Å². The first-order valence-corrected chi connectivity index (χ1v) is 9.17. The van der Waals surface area contributed by atoms with Gasteiger partial charge in [-0.2, -0.15) is 19.6 Å². The van der Waals surface area contributed by atoms with Crippen molar-refractivity contribution in [3.8, 4) is 0 Å². The lowest BCUT2D eigenvalue weighted by Crippen LogP contribution is -2.57. The van der Waals surface area contributed by atoms with Gasteiger partial charge in [-0.3, -0.25) is 0 Å². The third-order valence-electron chi connectivity index (χ3n) is 7.05. The van der Waals surface area contributed by atoms with Gasteiger partial charge >= 0.3 is 0 Å². The van der Waals surface area contributed by atoms with Crippen LogP contribution < -0.4 is 0 Å². The van der Waals surface area contributed by atoms with E-state index in [1.165, 1.54) is 38.5 Å². The average molecular weight is 308 g/mol. The van der Waals surface area contributed by atoms with E-state index < -0.39 is 11.6 Å². The maximum atomic E-state index is 5.81. The van der Waals surface area contributed by atoms with E-state index in [0.29, 0.717) is 11.3 Å². The highest BCUT2D eigenvalue weighted by Gasteiger charge is 2.75. The summed E-state index contributed by atoms with van der Waals surface area (Å²) in [6.45, 7) is 6.45. The Labute approximate surface area is 132 Å². The molecule has 0 aromatic heterocycles. The number of fused-ring (bicyclic) bond motifs is 2. The molecule has 4 aliphatic carbocycles. The zero-order chi connectivity index (χ0) is 15.2. The third-order valence-corrected chi connectivity index (χ3v) is 7.05. The normalized spacial score (nSPS) is 58.9. The lowest BCUT2D eigenvalue weighted by atomic mass is 9.44. The summed E-state index contributed by atoms with van der Waals surface area (Å²) in [6.07, 6.45) is 9.14. The zero-order valence-electron chi connectivity index (χ0n) is 14.0. The van der Waals surface area contributed by atoms with Gasteiger partial charge in [-0.15, -0.1) is 0 Å². The van der Waals surface area contributed by atoms with Crippen molar-refractivity contribution in [2.75, 3.05) is 0 Å². The maximum Gasteiger partial charge on any atom is 0.243 e. The van der Waals surface area contributed by atoms with Crippen molar-refractivity contribution < 1.29 is 19.6 Å². The number of hydrogen-bond donors (Lipinski definition) is 0. The lowest BCUT2D eigenvalue weighted by Gasteiger charge is -2.60. The summed E-state index contributed by atoms with van der Waals surface area (Å²) in [6, 6.07) is 0. The first-order valence-electron chi connectivity index (χ1n) is 9.17. The minimum Gasteiger partial charge on any atom is -0.195 e. The fourth-order valence-corrected chi connectivity index (χ4v) is 7.24. The molecule has 6 aliphatic rings. The molecule has 6 rings (SSSR count). The van der Waals surface area contributed by atoms with Gasteiger partial charge < -0.3 is 0 Å². The van der Waals surface area contributed by atoms with Crippen molar-refractivity contribution in [1.29, 1.82) is 0 Å². The highest BCUT2D eigenvalue weighted by molar-refractivity contribution is 5.11. The summed E-state index contributed by atoms with van der Waals surface area (Å²) in [5.41, 5.74) is 0.297. The second-order valence-electron chi connectivity index (χ2n) is 9.47. The summed E-state index contributed by atoms with van der Waals surface area (Å²) >= 11 is 0. The molecular formula is C18H28O4. The molecule has 0 amide bonds. The predicted octanol–water partition coefficient (Wildman–Crippen LogP) is 4.20. The second-order valence-corrected chi connectivity index (χ2v) is 9.47. The van der Waals surface area contributed by atoms with Crippen LogP contribution in [0.3, 0.4) is 0 Å². The SMILES string of the molecule is CC(C)CC12OOC(C)(OO1)[C@@H]2C12CC3CC(CC(C3)C1)C2. The fraction of sp³-hybridized carbons (Fsp3) is 1.00. The first kappa shape index (κ1) is 14.2. The molecule has 2 aliphatic heterocycles. The van der Waals surface area contributed by atoms with Gasteiger partial charge in [0.2, 0.25) is 11.6 Å². The Balaban J connectivity index is 1.55. The van der Waals surface area contributed by atoms with Crippen LogP contribution in [0, 0.1) is 35.0 Å². The molecule has 0 N–H and O–H groups in total. The summed E-state index contributed by atoms with van der Waals surface area (Å²) in [5, 5.41) is 0. The molecule has 0 radical (unpaired) electrons. The topological polar surface area (TPSA) is 36.9 Å². The Hall–Kier alpha value is -0.160. The van der Waals surface area contributed by atoms with E-state index >= 15 is 0 Å². The van der Waals surface area contributed by atoms with E-state index in [1.807, 2.05) is 6.92 Å². The van der Waals surface area contributed by atoms with Crippen LogP contribution in [0.1, 0.15) is 65.7 Å². The molecule has 22 heavy (non-hydrogen) atoms. The van der Waals surface area contributed by atoms with Crippen molar-refractivity contribution in [2.24, 2.45) is 35.0 Å². The highest BCUT2D eigenvalue weighted by Crippen LogP contribution is 2.70. The Morgan fingerprint density at radius 3 is 1.82 bits per heavy atom. The van der Waals surface area contributed by atoms with Crippen molar-refractivity contribution in [3.05, 3.63) is 0 Å². The number of rotatable bonds is 3. The molecule has 2 heterocycles. The van der Waals surface area contributed by atoms with Crippen molar-refractivity contribution in [3.63, 3.8) is 0 Å². The Bertz CT molecular complexity index is 442. The Kier molecular flexibility index (Phi) is 2.76. The van der Waals surface area contributed by atoms with Gasteiger partial charge in [0.05, 0.1) is 5.92 Å². The molecule has 0 aromatic rings. The monoisotopic (exact) mass is 308 g/mol. The predicted molar refractivity (Wildman–Crippen MR) is 79.0 cm³/mol. The molecule has 4 heteroatoms. The molecule has 4 nitrogen and oxygen atoms in total. The Morgan fingerprint density at radius 2 is 1.36 bits per heavy atom. The van der Waals surface area contributed by atoms with E-state index in [-0.39, 0.29) is 5.92 Å². The van der Waals surface area contributed by atoms with Gasteiger partial charge in [0.25, 0.3) is 0 Å². The second kappa shape index (κ2) is 4.27. The smallest absolute Gasteiger partial charge is 0.195 e. The van der Waals surface area contributed by atoms with E-state index in [4.69, 9.17) is 19.6 Å². The molecular weight excluding hydrogens is 280 g/mol. The molecule has 1 atom stereocenters. The minimum atomic E-state index is -0.722. The average Bonchev–Trinajstić information content (AvgIpc) is 2.84. The standard InChI is InChI=1S/C18H28O4/c1-11(2)7-18-15(16(3,19-21-18)20-22-18)17-8-12-4-13(9-17)6-14(5-12)10-17/h11-15H,4-10H2,1-3H3/t12?,13?,14?,15-,16?,17?,18?/m1/s1. The molecule has 6 fully saturated rings. The van der Waals surface area contributed by atoms with E-state index in [0.717, 1.165) is 24.2 Å². The van der Waals surface area contributed by atoms with Gasteiger partial charge in [-0.1, -0.05) is 13.8 Å². The Morgan fingerprint density at radius 1 is 0.864 bits per heavy atom. The molecule has 2 saturated heterocycles. The highest BCUT2D eigenvalue weighted by atomic mass is 17.4. The summed E-state index contributed by atoms with van der Waals surface area (Å²) in [7, 11) is 0. The van der Waals surface area contributed by atoms with Gasteiger partial charge in [0, 0.05) is 6.42 Å². The maximum absolute atomic E-state index is 5.81. The van der Waals surface area contributed by atoms with Crippen LogP contribution in [-0.2, 0) is 19.6 Å². The molecule has 0 unspecified atom stereocenters. The number of hydrogen-bond acceptors (Lipinski definition) is 4. The quantitative estimate of drug-likeness (QED) is 0.732. The van der Waals surface area contributed by atoms with E-state index in [2.05, 4.69) is 13.8 Å². The van der Waals surface area contributed by atoms with Crippen molar-refractivity contribution in [2.45, 2.75) is 77.3 Å². The van der Waals surface area contributed by atoms with Crippen LogP contribution in [0.25, 0.3) is 0 Å². The van der Waals surface area contributed by atoms with Gasteiger partial charge in [-0.05, 0) is 74.5 Å². The summed E-state index contributed by atoms with van der Waals surface area (Å²) in [5.74, 6) is 2.02. The molecule has 0 spiro atoms. The molecule has 124 valence electrons. The van der Waals surface area contributed by atoms with Crippen LogP contribution >= 0.6 is 0 Å². The van der Waals surface area contributed by atoms with Crippen LogP contribution in [0.4, 0.5) is 0 Å². The van der Waals surface area contributed by atoms with Gasteiger partial charge in [0.1, 0.15) is 0 Å². The summed E-state index contributed by atoms with van der Waals surface area (Å²) < 4.78 is 0. The van der Waals surface area contributed by atoms with Crippen LogP contribution in [-0.4, -0.2) is 11.6 Å². The largest absolute Gasteiger partial charge is 0.243 e. The third kappa shape index (κ3) is 1.73. The first-order chi connectivity index (χ1) is 10.4. The minimum absolute atomic E-state index is 0.211. The van der Waals surface area contributed by atoms with Crippen molar-refractivity contribution in [1.82, 2.24) is 0 Å². The van der Waals surface area contributed by atoms with E-state index in [1.54, 1.807) is 0 Å². The molecule has 4 saturated carbocycles. The van der Waals surface area contributed by atoms with Gasteiger partial charge in [-0.25, -0.2) is 0 Å². The fourth-order valence-electron chi connectivity index (χ4n) is 7.24. The van der Waals surface area contributed by atoms with Gasteiger partial charge in [0.15, 0.2) is 0 Å². The van der Waals surface area contributed by atoms with E-state index in [9.17, 15) is 0 Å².